The Hall–Kier alpha value is -2.50. The third-order valence-electron chi connectivity index (χ3n) is 2.93. The van der Waals surface area contributed by atoms with Crippen LogP contribution in [0.3, 0.4) is 0 Å². The van der Waals surface area contributed by atoms with Crippen LogP contribution in [0.25, 0.3) is 0 Å². The summed E-state index contributed by atoms with van der Waals surface area (Å²) in [6.45, 7) is 6.39. The van der Waals surface area contributed by atoms with E-state index in [0.29, 0.717) is 23.6 Å². The molecule has 0 aliphatic rings. The highest BCUT2D eigenvalue weighted by molar-refractivity contribution is 5.94. The fourth-order valence-electron chi connectivity index (χ4n) is 1.77. The third-order valence-corrected chi connectivity index (χ3v) is 2.93. The van der Waals surface area contributed by atoms with Gasteiger partial charge in [-0.15, -0.1) is 0 Å². The summed E-state index contributed by atoms with van der Waals surface area (Å²) < 4.78 is 0. The summed E-state index contributed by atoms with van der Waals surface area (Å²) in [5, 5.41) is 10.5. The van der Waals surface area contributed by atoms with Crippen LogP contribution in [0.4, 0.5) is 5.82 Å². The molecule has 1 amide bonds. The van der Waals surface area contributed by atoms with Gasteiger partial charge in [0.05, 0.1) is 12.2 Å². The summed E-state index contributed by atoms with van der Waals surface area (Å²) in [7, 11) is 0. The van der Waals surface area contributed by atoms with Gasteiger partial charge in [0.25, 0.3) is 5.91 Å². The van der Waals surface area contributed by atoms with Crippen LogP contribution in [0.5, 0.6) is 0 Å². The first kappa shape index (κ1) is 14.9. The van der Waals surface area contributed by atoms with E-state index in [-0.39, 0.29) is 11.3 Å². The lowest BCUT2D eigenvalue weighted by atomic mass is 9.90. The molecule has 0 spiro atoms. The molecule has 6 nitrogen and oxygen atoms in total. The summed E-state index contributed by atoms with van der Waals surface area (Å²) in [6.07, 6.45) is 1.59. The SMILES string of the molecule is CC(C)(C)c1cc(C(=O)NCc2cccnn2)cc(N)n1. The molecule has 2 aromatic heterocycles. The first-order valence-electron chi connectivity index (χ1n) is 6.69. The number of aromatic nitrogens is 3. The van der Waals surface area contributed by atoms with Crippen molar-refractivity contribution in [3.63, 3.8) is 0 Å². The van der Waals surface area contributed by atoms with Crippen LogP contribution in [0.2, 0.25) is 0 Å². The molecule has 2 aromatic rings. The molecule has 0 aliphatic carbocycles. The molecule has 0 aromatic carbocycles. The van der Waals surface area contributed by atoms with Gasteiger partial charge in [-0.3, -0.25) is 4.79 Å². The molecule has 0 saturated heterocycles. The fourth-order valence-corrected chi connectivity index (χ4v) is 1.77. The van der Waals surface area contributed by atoms with Crippen molar-refractivity contribution in [2.75, 3.05) is 5.73 Å². The number of nitrogens with one attached hydrogen (secondary N) is 1. The van der Waals surface area contributed by atoms with Gasteiger partial charge in [0.15, 0.2) is 0 Å². The van der Waals surface area contributed by atoms with Crippen LogP contribution in [-0.4, -0.2) is 21.1 Å². The van der Waals surface area contributed by atoms with Crippen LogP contribution in [0.15, 0.2) is 30.5 Å². The number of nitrogen functional groups attached to an aromatic ring is 1. The second kappa shape index (κ2) is 5.87. The lowest BCUT2D eigenvalue weighted by Crippen LogP contribution is -2.25. The maximum atomic E-state index is 12.2. The number of hydrogen-bond acceptors (Lipinski definition) is 5. The lowest BCUT2D eigenvalue weighted by molar-refractivity contribution is 0.0950. The zero-order valence-corrected chi connectivity index (χ0v) is 12.4. The minimum atomic E-state index is -0.208. The van der Waals surface area contributed by atoms with Crippen molar-refractivity contribution in [1.82, 2.24) is 20.5 Å². The van der Waals surface area contributed by atoms with Gasteiger partial charge in [-0.2, -0.15) is 10.2 Å². The maximum absolute atomic E-state index is 12.2. The highest BCUT2D eigenvalue weighted by atomic mass is 16.1. The van der Waals surface area contributed by atoms with E-state index in [9.17, 15) is 4.79 Å². The van der Waals surface area contributed by atoms with Crippen molar-refractivity contribution < 1.29 is 4.79 Å². The Labute approximate surface area is 123 Å². The molecule has 2 heterocycles. The number of hydrogen-bond donors (Lipinski definition) is 2. The van der Waals surface area contributed by atoms with Crippen LogP contribution < -0.4 is 11.1 Å². The Morgan fingerprint density at radius 1 is 1.33 bits per heavy atom. The Bertz CT molecular complexity index is 634. The molecule has 0 atom stereocenters. The van der Waals surface area contributed by atoms with Crippen LogP contribution in [0.1, 0.15) is 42.5 Å². The molecule has 0 aliphatic heterocycles. The van der Waals surface area contributed by atoms with E-state index in [1.54, 1.807) is 30.5 Å². The summed E-state index contributed by atoms with van der Waals surface area (Å²) in [5.41, 5.74) is 7.60. The first-order valence-corrected chi connectivity index (χ1v) is 6.69. The topological polar surface area (TPSA) is 93.8 Å². The second-order valence-electron chi connectivity index (χ2n) is 5.81. The van der Waals surface area contributed by atoms with Crippen LogP contribution in [0, 0.1) is 0 Å². The van der Waals surface area contributed by atoms with Gasteiger partial charge in [0, 0.05) is 22.9 Å². The number of rotatable bonds is 3. The van der Waals surface area contributed by atoms with Crippen molar-refractivity contribution in [3.8, 4) is 0 Å². The number of anilines is 1. The second-order valence-corrected chi connectivity index (χ2v) is 5.81. The molecule has 0 bridgehead atoms. The largest absolute Gasteiger partial charge is 0.384 e. The van der Waals surface area contributed by atoms with Gasteiger partial charge in [0.2, 0.25) is 0 Å². The molecule has 6 heteroatoms. The summed E-state index contributed by atoms with van der Waals surface area (Å²) in [6, 6.07) is 6.91. The molecular weight excluding hydrogens is 266 g/mol. The van der Waals surface area contributed by atoms with E-state index in [1.807, 2.05) is 20.8 Å². The number of pyridine rings is 1. The Kier molecular flexibility index (Phi) is 4.16. The van der Waals surface area contributed by atoms with Gasteiger partial charge in [0.1, 0.15) is 5.82 Å². The van der Waals surface area contributed by atoms with E-state index < -0.39 is 0 Å². The average Bonchev–Trinajstić information content (AvgIpc) is 2.44. The number of carbonyl (C=O) groups is 1. The predicted molar refractivity (Wildman–Crippen MR) is 80.6 cm³/mol. The van der Waals surface area contributed by atoms with Crippen molar-refractivity contribution in [2.24, 2.45) is 0 Å². The molecule has 0 fully saturated rings. The molecule has 3 N–H and O–H groups in total. The lowest BCUT2D eigenvalue weighted by Gasteiger charge is -2.19. The average molecular weight is 285 g/mol. The zero-order chi connectivity index (χ0) is 15.5. The molecule has 0 saturated carbocycles. The highest BCUT2D eigenvalue weighted by Gasteiger charge is 2.18. The van der Waals surface area contributed by atoms with E-state index in [0.717, 1.165) is 5.69 Å². The van der Waals surface area contributed by atoms with E-state index in [4.69, 9.17) is 5.73 Å². The number of amides is 1. The molecule has 110 valence electrons. The van der Waals surface area contributed by atoms with Crippen LogP contribution >= 0.6 is 0 Å². The van der Waals surface area contributed by atoms with Gasteiger partial charge in [-0.1, -0.05) is 20.8 Å². The minimum absolute atomic E-state index is 0.171. The maximum Gasteiger partial charge on any atom is 0.251 e. The normalized spacial score (nSPS) is 11.2. The Balaban J connectivity index is 2.14. The molecule has 21 heavy (non-hydrogen) atoms. The standard InChI is InChI=1S/C15H19N5O/c1-15(2,3)12-7-10(8-13(16)19-12)14(21)17-9-11-5-4-6-18-20-11/h4-8H,9H2,1-3H3,(H2,16,19)(H,17,21). The third kappa shape index (κ3) is 3.98. The summed E-state index contributed by atoms with van der Waals surface area (Å²) in [4.78, 5) is 16.5. The highest BCUT2D eigenvalue weighted by Crippen LogP contribution is 2.22. The summed E-state index contributed by atoms with van der Waals surface area (Å²) >= 11 is 0. The first-order chi connectivity index (χ1) is 9.86. The van der Waals surface area contributed by atoms with Crippen molar-refractivity contribution in [3.05, 3.63) is 47.4 Å². The molecule has 2 rings (SSSR count). The van der Waals surface area contributed by atoms with Crippen molar-refractivity contribution >= 4 is 11.7 Å². The van der Waals surface area contributed by atoms with Gasteiger partial charge in [-0.05, 0) is 24.3 Å². The number of nitrogens with zero attached hydrogens (tertiary/aromatic N) is 3. The molecule has 0 radical (unpaired) electrons. The van der Waals surface area contributed by atoms with E-state index in [1.165, 1.54) is 0 Å². The van der Waals surface area contributed by atoms with Crippen molar-refractivity contribution in [1.29, 1.82) is 0 Å². The number of nitrogens with two attached hydrogens (primary N) is 1. The fraction of sp³-hybridized carbons (Fsp3) is 0.333. The monoisotopic (exact) mass is 285 g/mol. The quantitative estimate of drug-likeness (QED) is 0.894. The Morgan fingerprint density at radius 2 is 2.10 bits per heavy atom. The van der Waals surface area contributed by atoms with E-state index >= 15 is 0 Å². The van der Waals surface area contributed by atoms with E-state index in [2.05, 4.69) is 20.5 Å². The minimum Gasteiger partial charge on any atom is -0.384 e. The zero-order valence-electron chi connectivity index (χ0n) is 12.4. The number of carbonyl (C=O) groups excluding carboxylic acids is 1. The molecular formula is C15H19N5O. The van der Waals surface area contributed by atoms with Gasteiger partial charge in [-0.25, -0.2) is 4.98 Å². The van der Waals surface area contributed by atoms with Crippen LogP contribution in [-0.2, 0) is 12.0 Å². The Morgan fingerprint density at radius 3 is 2.71 bits per heavy atom. The van der Waals surface area contributed by atoms with Crippen molar-refractivity contribution in [2.45, 2.75) is 32.7 Å². The summed E-state index contributed by atoms with van der Waals surface area (Å²) in [5.74, 6) is 0.132. The molecule has 0 unspecified atom stereocenters. The smallest absolute Gasteiger partial charge is 0.251 e. The van der Waals surface area contributed by atoms with Gasteiger partial charge < -0.3 is 11.1 Å². The van der Waals surface area contributed by atoms with Gasteiger partial charge >= 0.3 is 0 Å². The predicted octanol–water partition coefficient (Wildman–Crippen LogP) is 1.68.